The lowest BCUT2D eigenvalue weighted by molar-refractivity contribution is -0.135. The lowest BCUT2D eigenvalue weighted by Crippen LogP contribution is -2.39. The molecule has 0 aliphatic carbocycles. The van der Waals surface area contributed by atoms with Crippen molar-refractivity contribution in [2.24, 2.45) is 5.92 Å². The standard InChI is InChI=1S/C22H32N4OS/c1-3-5-12-19(4-2)21(27)25-13-9-14-26(16-15-25)22-23-20(24-28-22)17-18-10-7-6-8-11-18/h6-8,10-11,19H,3-5,9,12-17H2,1-2H3/t19-/m1/s1. The molecule has 0 N–H and O–H groups in total. The lowest BCUT2D eigenvalue weighted by Gasteiger charge is -2.25. The van der Waals surface area contributed by atoms with Crippen LogP contribution < -0.4 is 4.90 Å². The molecule has 1 saturated heterocycles. The van der Waals surface area contributed by atoms with Crippen LogP contribution >= 0.6 is 11.5 Å². The van der Waals surface area contributed by atoms with Crippen LogP contribution in [0.15, 0.2) is 30.3 Å². The summed E-state index contributed by atoms with van der Waals surface area (Å²) < 4.78 is 4.55. The zero-order valence-electron chi connectivity index (χ0n) is 17.1. The minimum atomic E-state index is 0.186. The Morgan fingerprint density at radius 1 is 1.14 bits per heavy atom. The molecule has 1 aliphatic rings. The fourth-order valence-corrected chi connectivity index (χ4v) is 4.50. The number of benzene rings is 1. The molecule has 0 bridgehead atoms. The van der Waals surface area contributed by atoms with E-state index in [0.29, 0.717) is 5.91 Å². The molecule has 0 unspecified atom stereocenters. The van der Waals surface area contributed by atoms with Gasteiger partial charge in [0.2, 0.25) is 11.0 Å². The number of nitrogens with zero attached hydrogens (tertiary/aromatic N) is 4. The van der Waals surface area contributed by atoms with Crippen molar-refractivity contribution in [1.29, 1.82) is 0 Å². The van der Waals surface area contributed by atoms with Crippen molar-refractivity contribution >= 4 is 22.6 Å². The monoisotopic (exact) mass is 400 g/mol. The molecule has 0 saturated carbocycles. The zero-order valence-corrected chi connectivity index (χ0v) is 18.0. The van der Waals surface area contributed by atoms with Crippen LogP contribution in [-0.4, -0.2) is 46.3 Å². The average Bonchev–Trinajstić information content (AvgIpc) is 3.04. The SMILES string of the molecule is CCCC[C@@H](CC)C(=O)N1CCCN(c2nc(Cc3ccccc3)ns2)CC1. The highest BCUT2D eigenvalue weighted by Gasteiger charge is 2.25. The summed E-state index contributed by atoms with van der Waals surface area (Å²) in [6.07, 6.45) is 6.01. The van der Waals surface area contributed by atoms with Crippen molar-refractivity contribution in [2.75, 3.05) is 31.1 Å². The van der Waals surface area contributed by atoms with Crippen molar-refractivity contribution < 1.29 is 4.79 Å². The third-order valence-corrected chi connectivity index (χ3v) is 6.30. The van der Waals surface area contributed by atoms with Crippen LogP contribution in [0, 0.1) is 5.92 Å². The van der Waals surface area contributed by atoms with Crippen LogP contribution in [0.25, 0.3) is 0 Å². The Balaban J connectivity index is 1.57. The summed E-state index contributed by atoms with van der Waals surface area (Å²) in [7, 11) is 0. The zero-order chi connectivity index (χ0) is 19.8. The molecule has 1 fully saturated rings. The molecule has 5 nitrogen and oxygen atoms in total. The maximum atomic E-state index is 12.9. The van der Waals surface area contributed by atoms with Gasteiger partial charge >= 0.3 is 0 Å². The highest BCUT2D eigenvalue weighted by molar-refractivity contribution is 7.09. The summed E-state index contributed by atoms with van der Waals surface area (Å²) in [5, 5.41) is 0.984. The highest BCUT2D eigenvalue weighted by Crippen LogP contribution is 2.22. The van der Waals surface area contributed by atoms with Gasteiger partial charge in [0.25, 0.3) is 0 Å². The topological polar surface area (TPSA) is 49.3 Å². The van der Waals surface area contributed by atoms with E-state index in [9.17, 15) is 4.79 Å². The number of anilines is 1. The summed E-state index contributed by atoms with van der Waals surface area (Å²) in [6, 6.07) is 10.3. The highest BCUT2D eigenvalue weighted by atomic mass is 32.1. The summed E-state index contributed by atoms with van der Waals surface area (Å²) >= 11 is 1.48. The van der Waals surface area contributed by atoms with Gasteiger partial charge in [0.05, 0.1) is 0 Å². The molecule has 2 heterocycles. The van der Waals surface area contributed by atoms with Gasteiger partial charge in [0.15, 0.2) is 0 Å². The van der Waals surface area contributed by atoms with E-state index in [1.54, 1.807) is 0 Å². The number of rotatable bonds is 8. The van der Waals surface area contributed by atoms with E-state index < -0.39 is 0 Å². The van der Waals surface area contributed by atoms with Gasteiger partial charge in [-0.2, -0.15) is 4.37 Å². The van der Waals surface area contributed by atoms with E-state index in [0.717, 1.165) is 75.7 Å². The molecule has 2 aromatic rings. The van der Waals surface area contributed by atoms with Crippen molar-refractivity contribution in [1.82, 2.24) is 14.3 Å². The van der Waals surface area contributed by atoms with Gasteiger partial charge in [-0.25, -0.2) is 4.98 Å². The molecular weight excluding hydrogens is 368 g/mol. The molecule has 3 rings (SSSR count). The first-order valence-corrected chi connectivity index (χ1v) is 11.4. The molecule has 1 aromatic carbocycles. The summed E-state index contributed by atoms with van der Waals surface area (Å²) in [5.74, 6) is 1.42. The number of carbonyl (C=O) groups excluding carboxylic acids is 1. The second-order valence-electron chi connectivity index (χ2n) is 7.57. The maximum absolute atomic E-state index is 12.9. The molecule has 1 amide bonds. The minimum Gasteiger partial charge on any atom is -0.345 e. The third kappa shape index (κ3) is 5.53. The molecule has 0 spiro atoms. The van der Waals surface area contributed by atoms with Crippen LogP contribution in [-0.2, 0) is 11.2 Å². The van der Waals surface area contributed by atoms with E-state index in [4.69, 9.17) is 4.98 Å². The van der Waals surface area contributed by atoms with Crippen molar-refractivity contribution in [3.8, 4) is 0 Å². The Kier molecular flexibility index (Phi) is 7.83. The summed E-state index contributed by atoms with van der Waals surface area (Å²) in [6.45, 7) is 7.75. The van der Waals surface area contributed by atoms with Gasteiger partial charge in [-0.15, -0.1) is 0 Å². The smallest absolute Gasteiger partial charge is 0.225 e. The largest absolute Gasteiger partial charge is 0.345 e. The second kappa shape index (κ2) is 10.6. The third-order valence-electron chi connectivity index (χ3n) is 5.49. The first-order chi connectivity index (χ1) is 13.7. The Morgan fingerprint density at radius 3 is 2.71 bits per heavy atom. The Labute approximate surface area is 172 Å². The molecular formula is C22H32N4OS. The molecule has 6 heteroatoms. The van der Waals surface area contributed by atoms with Gasteiger partial charge in [-0.05, 0) is 24.8 Å². The van der Waals surface area contributed by atoms with E-state index >= 15 is 0 Å². The van der Waals surface area contributed by atoms with E-state index in [1.165, 1.54) is 17.1 Å². The predicted molar refractivity (Wildman–Crippen MR) is 116 cm³/mol. The lowest BCUT2D eigenvalue weighted by atomic mass is 9.97. The fraction of sp³-hybridized carbons (Fsp3) is 0.591. The molecule has 0 radical (unpaired) electrons. The fourth-order valence-electron chi connectivity index (χ4n) is 3.76. The van der Waals surface area contributed by atoms with Crippen LogP contribution in [0.1, 0.15) is 57.3 Å². The minimum absolute atomic E-state index is 0.186. The van der Waals surface area contributed by atoms with Crippen LogP contribution in [0.3, 0.4) is 0 Å². The van der Waals surface area contributed by atoms with E-state index in [-0.39, 0.29) is 5.92 Å². The Morgan fingerprint density at radius 2 is 1.96 bits per heavy atom. The number of amides is 1. The van der Waals surface area contributed by atoms with Crippen molar-refractivity contribution in [2.45, 2.75) is 52.4 Å². The summed E-state index contributed by atoms with van der Waals surface area (Å²) in [5.41, 5.74) is 1.23. The van der Waals surface area contributed by atoms with Crippen LogP contribution in [0.2, 0.25) is 0 Å². The molecule has 1 aliphatic heterocycles. The van der Waals surface area contributed by atoms with Crippen molar-refractivity contribution in [3.63, 3.8) is 0 Å². The van der Waals surface area contributed by atoms with Gasteiger partial charge in [-0.1, -0.05) is 57.0 Å². The van der Waals surface area contributed by atoms with E-state index in [1.807, 2.05) is 18.2 Å². The molecule has 28 heavy (non-hydrogen) atoms. The summed E-state index contributed by atoms with van der Waals surface area (Å²) in [4.78, 5) is 22.1. The average molecular weight is 401 g/mol. The van der Waals surface area contributed by atoms with Gasteiger partial charge < -0.3 is 9.80 Å². The Bertz CT molecular complexity index is 733. The van der Waals surface area contributed by atoms with Gasteiger partial charge in [0, 0.05) is 50.1 Å². The number of unbranched alkanes of at least 4 members (excludes halogenated alkanes) is 1. The number of hydrogen-bond acceptors (Lipinski definition) is 5. The Hall–Kier alpha value is -1.95. The first kappa shape index (κ1) is 20.8. The first-order valence-electron chi connectivity index (χ1n) is 10.6. The number of aromatic nitrogens is 2. The maximum Gasteiger partial charge on any atom is 0.225 e. The quantitative estimate of drug-likeness (QED) is 0.660. The van der Waals surface area contributed by atoms with Gasteiger partial charge in [-0.3, -0.25) is 4.79 Å². The van der Waals surface area contributed by atoms with Crippen LogP contribution in [0.4, 0.5) is 5.13 Å². The van der Waals surface area contributed by atoms with Crippen LogP contribution in [0.5, 0.6) is 0 Å². The van der Waals surface area contributed by atoms with Crippen molar-refractivity contribution in [3.05, 3.63) is 41.7 Å². The predicted octanol–water partition coefficient (Wildman–Crippen LogP) is 4.38. The van der Waals surface area contributed by atoms with E-state index in [2.05, 4.69) is 40.2 Å². The number of carbonyl (C=O) groups is 1. The molecule has 152 valence electrons. The number of hydrogen-bond donors (Lipinski definition) is 0. The molecule has 1 atom stereocenters. The normalized spacial score (nSPS) is 16.1. The second-order valence-corrected chi connectivity index (χ2v) is 8.30. The van der Waals surface area contributed by atoms with Gasteiger partial charge in [0.1, 0.15) is 5.82 Å². The molecule has 1 aromatic heterocycles.